The highest BCUT2D eigenvalue weighted by Gasteiger charge is 2.50. The van der Waals surface area contributed by atoms with Crippen LogP contribution in [-0.2, 0) is 14.4 Å². The Morgan fingerprint density at radius 3 is 2.17 bits per heavy atom. The van der Waals surface area contributed by atoms with Crippen LogP contribution in [0.15, 0.2) is 54.6 Å². The molecule has 1 fully saturated rings. The highest BCUT2D eigenvalue weighted by atomic mass is 16.3. The van der Waals surface area contributed by atoms with E-state index in [1.807, 2.05) is 6.07 Å². The third-order valence-corrected chi connectivity index (χ3v) is 4.01. The maximum absolute atomic E-state index is 12.5. The van der Waals surface area contributed by atoms with Crippen LogP contribution in [0, 0.1) is 5.92 Å². The Bertz CT molecular complexity index is 767. The highest BCUT2D eigenvalue weighted by Crippen LogP contribution is 2.40. The van der Waals surface area contributed by atoms with Gasteiger partial charge in [-0.05, 0) is 36.8 Å². The van der Waals surface area contributed by atoms with Crippen LogP contribution in [0.3, 0.4) is 0 Å². The number of Topliss-reactive ketones (excluding diaryl/α,β-unsaturated/α-hetero) is 2. The van der Waals surface area contributed by atoms with E-state index in [1.54, 1.807) is 36.4 Å². The van der Waals surface area contributed by atoms with Crippen molar-refractivity contribution in [1.29, 1.82) is 0 Å². The smallest absolute Gasteiger partial charge is 0.295 e. The number of carbonyl (C=O) groups is 3. The van der Waals surface area contributed by atoms with Crippen LogP contribution < -0.4 is 4.90 Å². The molecule has 1 aliphatic rings. The van der Waals surface area contributed by atoms with Crippen molar-refractivity contribution < 1.29 is 19.5 Å². The Balaban J connectivity index is 2.15. The van der Waals surface area contributed by atoms with Crippen molar-refractivity contribution in [3.8, 4) is 5.75 Å². The van der Waals surface area contributed by atoms with Gasteiger partial charge in [0.15, 0.2) is 0 Å². The quantitative estimate of drug-likeness (QED) is 0.697. The maximum Gasteiger partial charge on any atom is 0.295 e. The molecule has 23 heavy (non-hydrogen) atoms. The van der Waals surface area contributed by atoms with Crippen LogP contribution in [0.1, 0.15) is 18.5 Å². The minimum absolute atomic E-state index is 0.0612. The number of aromatic hydroxyl groups is 1. The summed E-state index contributed by atoms with van der Waals surface area (Å²) in [6, 6.07) is 14.3. The SMILES string of the molecule is CC(=O)C1C(=O)C(=O)N(c2ccc(O)cc2)[C@H]1c1ccccc1. The first-order valence-electron chi connectivity index (χ1n) is 7.22. The van der Waals surface area contributed by atoms with Gasteiger partial charge in [0.05, 0.1) is 6.04 Å². The Hall–Kier alpha value is -2.95. The van der Waals surface area contributed by atoms with E-state index in [9.17, 15) is 19.5 Å². The fourth-order valence-electron chi connectivity index (χ4n) is 2.96. The summed E-state index contributed by atoms with van der Waals surface area (Å²) in [5.41, 5.74) is 1.19. The molecule has 2 atom stereocenters. The first kappa shape index (κ1) is 15.0. The van der Waals surface area contributed by atoms with Crippen molar-refractivity contribution in [3.63, 3.8) is 0 Å². The number of ketones is 2. The molecule has 0 saturated carbocycles. The standard InChI is InChI=1S/C18H15NO4/c1-11(20)15-16(12-5-3-2-4-6-12)19(18(23)17(15)22)13-7-9-14(21)10-8-13/h2-10,15-16,21H,1H3/t15?,16-/m0/s1. The molecule has 116 valence electrons. The van der Waals surface area contributed by atoms with Crippen LogP contribution in [0.25, 0.3) is 0 Å². The Morgan fingerprint density at radius 1 is 1.00 bits per heavy atom. The van der Waals surface area contributed by atoms with Crippen molar-refractivity contribution in [2.45, 2.75) is 13.0 Å². The largest absolute Gasteiger partial charge is 0.508 e. The predicted octanol–water partition coefficient (Wildman–Crippen LogP) is 2.25. The van der Waals surface area contributed by atoms with Crippen molar-refractivity contribution in [3.05, 3.63) is 60.2 Å². The predicted molar refractivity (Wildman–Crippen MR) is 84.0 cm³/mol. The zero-order valence-electron chi connectivity index (χ0n) is 12.5. The monoisotopic (exact) mass is 309 g/mol. The second kappa shape index (κ2) is 5.68. The Labute approximate surface area is 133 Å². The number of anilines is 1. The van der Waals surface area contributed by atoms with Crippen LogP contribution in [0.4, 0.5) is 5.69 Å². The Kier molecular flexibility index (Phi) is 3.70. The van der Waals surface area contributed by atoms with Crippen molar-refractivity contribution in [2.75, 3.05) is 4.90 Å². The van der Waals surface area contributed by atoms with E-state index in [-0.39, 0.29) is 11.5 Å². The third-order valence-electron chi connectivity index (χ3n) is 4.01. The zero-order valence-corrected chi connectivity index (χ0v) is 12.5. The second-order valence-corrected chi connectivity index (χ2v) is 5.50. The molecule has 1 saturated heterocycles. The maximum atomic E-state index is 12.5. The summed E-state index contributed by atoms with van der Waals surface area (Å²) >= 11 is 0. The fourth-order valence-corrected chi connectivity index (χ4v) is 2.96. The molecule has 5 nitrogen and oxygen atoms in total. The van der Waals surface area contributed by atoms with Gasteiger partial charge in [0.2, 0.25) is 5.78 Å². The van der Waals surface area contributed by atoms with Crippen LogP contribution in [-0.4, -0.2) is 22.6 Å². The summed E-state index contributed by atoms with van der Waals surface area (Å²) in [4.78, 5) is 38.1. The second-order valence-electron chi connectivity index (χ2n) is 5.50. The number of phenols is 1. The number of rotatable bonds is 3. The van der Waals surface area contributed by atoms with E-state index in [1.165, 1.54) is 24.0 Å². The lowest BCUT2D eigenvalue weighted by molar-refractivity contribution is -0.138. The molecule has 2 aromatic carbocycles. The van der Waals surface area contributed by atoms with Crippen LogP contribution in [0.5, 0.6) is 5.75 Å². The van der Waals surface area contributed by atoms with Gasteiger partial charge in [-0.2, -0.15) is 0 Å². The molecule has 0 bridgehead atoms. The number of hydrogen-bond donors (Lipinski definition) is 1. The molecule has 1 N–H and O–H groups in total. The van der Waals surface area contributed by atoms with Gasteiger partial charge in [-0.3, -0.25) is 19.3 Å². The van der Waals surface area contributed by atoms with Gasteiger partial charge in [0.1, 0.15) is 17.5 Å². The third kappa shape index (κ3) is 2.50. The molecule has 0 radical (unpaired) electrons. The molecule has 5 heteroatoms. The van der Waals surface area contributed by atoms with Crippen molar-refractivity contribution in [2.24, 2.45) is 5.92 Å². The highest BCUT2D eigenvalue weighted by molar-refractivity contribution is 6.48. The molecular formula is C18H15NO4. The van der Waals surface area contributed by atoms with Crippen molar-refractivity contribution >= 4 is 23.2 Å². The lowest BCUT2D eigenvalue weighted by Crippen LogP contribution is -2.30. The molecule has 2 aromatic rings. The molecule has 1 aliphatic heterocycles. The Morgan fingerprint density at radius 2 is 1.61 bits per heavy atom. The van der Waals surface area contributed by atoms with E-state index >= 15 is 0 Å². The van der Waals surface area contributed by atoms with Crippen LogP contribution in [0.2, 0.25) is 0 Å². The summed E-state index contributed by atoms with van der Waals surface area (Å²) in [7, 11) is 0. The first-order valence-corrected chi connectivity index (χ1v) is 7.22. The number of nitrogens with zero attached hydrogens (tertiary/aromatic N) is 1. The zero-order chi connectivity index (χ0) is 16.6. The van der Waals surface area contributed by atoms with E-state index in [4.69, 9.17) is 0 Å². The first-order chi connectivity index (χ1) is 11.0. The van der Waals surface area contributed by atoms with E-state index in [0.717, 1.165) is 5.56 Å². The van der Waals surface area contributed by atoms with Crippen molar-refractivity contribution in [1.82, 2.24) is 0 Å². The minimum atomic E-state index is -1.02. The fraction of sp³-hybridized carbons (Fsp3) is 0.167. The summed E-state index contributed by atoms with van der Waals surface area (Å²) in [5.74, 6) is -2.69. The normalized spacial score (nSPS) is 20.8. The van der Waals surface area contributed by atoms with Gasteiger partial charge < -0.3 is 5.11 Å². The number of amides is 1. The topological polar surface area (TPSA) is 74.7 Å². The molecule has 1 amide bonds. The van der Waals surface area contributed by atoms with E-state index in [0.29, 0.717) is 5.69 Å². The molecule has 0 spiro atoms. The average molecular weight is 309 g/mol. The van der Waals surface area contributed by atoms with Gasteiger partial charge in [0.25, 0.3) is 5.91 Å². The summed E-state index contributed by atoms with van der Waals surface area (Å²) in [6.07, 6.45) is 0. The molecule has 1 unspecified atom stereocenters. The lowest BCUT2D eigenvalue weighted by Gasteiger charge is -2.26. The average Bonchev–Trinajstić information content (AvgIpc) is 2.81. The minimum Gasteiger partial charge on any atom is -0.508 e. The number of carbonyl (C=O) groups excluding carboxylic acids is 3. The molecule has 0 aliphatic carbocycles. The van der Waals surface area contributed by atoms with E-state index in [2.05, 4.69) is 0 Å². The summed E-state index contributed by atoms with van der Waals surface area (Å²) in [6.45, 7) is 1.33. The van der Waals surface area contributed by atoms with Gasteiger partial charge in [-0.25, -0.2) is 0 Å². The van der Waals surface area contributed by atoms with Gasteiger partial charge >= 0.3 is 0 Å². The summed E-state index contributed by atoms with van der Waals surface area (Å²) in [5, 5.41) is 9.42. The molecular weight excluding hydrogens is 294 g/mol. The molecule has 3 rings (SSSR count). The number of benzene rings is 2. The van der Waals surface area contributed by atoms with Gasteiger partial charge in [-0.1, -0.05) is 30.3 Å². The lowest BCUT2D eigenvalue weighted by atomic mass is 9.90. The number of phenolic OH excluding ortho intramolecular Hbond substituents is 1. The van der Waals surface area contributed by atoms with Crippen LogP contribution >= 0.6 is 0 Å². The van der Waals surface area contributed by atoms with Gasteiger partial charge in [0, 0.05) is 5.69 Å². The summed E-state index contributed by atoms with van der Waals surface area (Å²) < 4.78 is 0. The van der Waals surface area contributed by atoms with E-state index < -0.39 is 23.7 Å². The molecule has 0 aromatic heterocycles. The number of hydrogen-bond acceptors (Lipinski definition) is 4. The molecule has 1 heterocycles. The van der Waals surface area contributed by atoms with Gasteiger partial charge in [-0.15, -0.1) is 0 Å².